The second-order valence-corrected chi connectivity index (χ2v) is 4.08. The Hall–Kier alpha value is -0.120. The molecule has 1 aliphatic heterocycles. The zero-order valence-corrected chi connectivity index (χ0v) is 9.38. The molecule has 3 nitrogen and oxygen atoms in total. The molecule has 0 amide bonds. The van der Waals surface area contributed by atoms with E-state index in [2.05, 4.69) is 36.0 Å². The summed E-state index contributed by atoms with van der Waals surface area (Å²) in [5, 5.41) is 3.26. The largest absolute Gasteiger partial charge is 0.318 e. The van der Waals surface area contributed by atoms with Gasteiger partial charge in [0, 0.05) is 31.7 Å². The molecule has 0 aromatic carbocycles. The van der Waals surface area contributed by atoms with E-state index in [0.717, 1.165) is 6.54 Å². The molecule has 1 fully saturated rings. The lowest BCUT2D eigenvalue weighted by Gasteiger charge is -2.43. The predicted octanol–water partition coefficient (Wildman–Crippen LogP) is 0.230. The van der Waals surface area contributed by atoms with Crippen LogP contribution in [0.2, 0.25) is 0 Å². The van der Waals surface area contributed by atoms with Crippen LogP contribution in [0.3, 0.4) is 0 Å². The van der Waals surface area contributed by atoms with Gasteiger partial charge in [-0.05, 0) is 27.6 Å². The Morgan fingerprint density at radius 2 is 2.08 bits per heavy atom. The number of likely N-dealkylation sites (N-methyl/N-ethyl adjacent to an activating group) is 3. The molecule has 1 aliphatic rings. The fourth-order valence-electron chi connectivity index (χ4n) is 2.07. The molecule has 13 heavy (non-hydrogen) atoms. The van der Waals surface area contributed by atoms with Crippen LogP contribution in [0.1, 0.15) is 13.8 Å². The smallest absolute Gasteiger partial charge is 0.0348 e. The van der Waals surface area contributed by atoms with Crippen LogP contribution < -0.4 is 5.32 Å². The van der Waals surface area contributed by atoms with Crippen molar-refractivity contribution in [3.8, 4) is 0 Å². The van der Waals surface area contributed by atoms with Crippen molar-refractivity contribution in [2.75, 3.05) is 40.3 Å². The highest BCUT2D eigenvalue weighted by atomic mass is 15.3. The standard InChI is InChI=1S/C10H23N3/c1-5-13-7-9(2)12(4)10(8-13)6-11-3/h9-11H,5-8H2,1-4H3. The van der Waals surface area contributed by atoms with Crippen molar-refractivity contribution in [2.45, 2.75) is 25.9 Å². The molecule has 1 saturated heterocycles. The van der Waals surface area contributed by atoms with E-state index >= 15 is 0 Å². The van der Waals surface area contributed by atoms with Crippen LogP contribution in [0.5, 0.6) is 0 Å². The third kappa shape index (κ3) is 2.66. The first-order valence-electron chi connectivity index (χ1n) is 5.28. The first-order valence-corrected chi connectivity index (χ1v) is 5.28. The number of hydrogen-bond donors (Lipinski definition) is 1. The molecule has 0 aliphatic carbocycles. The molecular weight excluding hydrogens is 162 g/mol. The van der Waals surface area contributed by atoms with Crippen molar-refractivity contribution in [3.05, 3.63) is 0 Å². The highest BCUT2D eigenvalue weighted by molar-refractivity contribution is 4.85. The molecule has 2 atom stereocenters. The van der Waals surface area contributed by atoms with E-state index in [4.69, 9.17) is 0 Å². The van der Waals surface area contributed by atoms with E-state index in [1.165, 1.54) is 19.6 Å². The van der Waals surface area contributed by atoms with Gasteiger partial charge in [0.25, 0.3) is 0 Å². The van der Waals surface area contributed by atoms with Gasteiger partial charge in [0.15, 0.2) is 0 Å². The SMILES string of the molecule is CCN1CC(C)N(C)C(CNC)C1. The maximum Gasteiger partial charge on any atom is 0.0348 e. The van der Waals surface area contributed by atoms with Gasteiger partial charge in [-0.2, -0.15) is 0 Å². The summed E-state index contributed by atoms with van der Waals surface area (Å²) in [5.41, 5.74) is 0. The molecule has 3 heteroatoms. The Morgan fingerprint density at radius 3 is 2.62 bits per heavy atom. The van der Waals surface area contributed by atoms with Crippen LogP contribution in [0, 0.1) is 0 Å². The number of hydrogen-bond acceptors (Lipinski definition) is 3. The molecule has 0 radical (unpaired) electrons. The topological polar surface area (TPSA) is 18.5 Å². The van der Waals surface area contributed by atoms with E-state index in [0.29, 0.717) is 12.1 Å². The Morgan fingerprint density at radius 1 is 1.38 bits per heavy atom. The van der Waals surface area contributed by atoms with Crippen molar-refractivity contribution < 1.29 is 0 Å². The minimum Gasteiger partial charge on any atom is -0.318 e. The number of nitrogens with one attached hydrogen (secondary N) is 1. The summed E-state index contributed by atoms with van der Waals surface area (Å²) in [6.45, 7) is 9.25. The summed E-state index contributed by atoms with van der Waals surface area (Å²) in [6, 6.07) is 1.36. The lowest BCUT2D eigenvalue weighted by Crippen LogP contribution is -2.58. The first kappa shape index (κ1) is 11.0. The van der Waals surface area contributed by atoms with Crippen molar-refractivity contribution in [2.24, 2.45) is 0 Å². The molecule has 0 aromatic heterocycles. The Labute approximate surface area is 82.1 Å². The second-order valence-electron chi connectivity index (χ2n) is 4.08. The van der Waals surface area contributed by atoms with Crippen molar-refractivity contribution in [3.63, 3.8) is 0 Å². The molecule has 0 spiro atoms. The van der Waals surface area contributed by atoms with E-state index in [-0.39, 0.29) is 0 Å². The Balaban J connectivity index is 2.50. The van der Waals surface area contributed by atoms with Crippen LogP contribution in [-0.4, -0.2) is 62.2 Å². The summed E-state index contributed by atoms with van der Waals surface area (Å²) in [6.07, 6.45) is 0. The van der Waals surface area contributed by atoms with Gasteiger partial charge >= 0.3 is 0 Å². The fraction of sp³-hybridized carbons (Fsp3) is 1.00. The third-order valence-corrected chi connectivity index (χ3v) is 3.15. The van der Waals surface area contributed by atoms with Gasteiger partial charge in [-0.15, -0.1) is 0 Å². The molecular formula is C10H23N3. The summed E-state index contributed by atoms with van der Waals surface area (Å²) >= 11 is 0. The molecule has 1 N–H and O–H groups in total. The highest BCUT2D eigenvalue weighted by Gasteiger charge is 2.27. The van der Waals surface area contributed by atoms with Crippen LogP contribution >= 0.6 is 0 Å². The van der Waals surface area contributed by atoms with E-state index in [1.807, 2.05) is 7.05 Å². The summed E-state index contributed by atoms with van der Waals surface area (Å²) in [7, 11) is 4.27. The quantitative estimate of drug-likeness (QED) is 0.679. The molecule has 78 valence electrons. The van der Waals surface area contributed by atoms with Gasteiger partial charge in [0.2, 0.25) is 0 Å². The van der Waals surface area contributed by atoms with Gasteiger partial charge in [0.1, 0.15) is 0 Å². The Bertz CT molecular complexity index is 149. The minimum atomic E-state index is 0.675. The molecule has 0 aromatic rings. The summed E-state index contributed by atoms with van der Waals surface area (Å²) < 4.78 is 0. The molecule has 2 unspecified atom stereocenters. The monoisotopic (exact) mass is 185 g/mol. The molecule has 1 rings (SSSR count). The zero-order valence-electron chi connectivity index (χ0n) is 9.38. The van der Waals surface area contributed by atoms with Crippen molar-refractivity contribution >= 4 is 0 Å². The minimum absolute atomic E-state index is 0.675. The van der Waals surface area contributed by atoms with Crippen LogP contribution in [-0.2, 0) is 0 Å². The lowest BCUT2D eigenvalue weighted by molar-refractivity contribution is 0.0555. The van der Waals surface area contributed by atoms with E-state index < -0.39 is 0 Å². The van der Waals surface area contributed by atoms with E-state index in [9.17, 15) is 0 Å². The number of piperazine rings is 1. The fourth-order valence-corrected chi connectivity index (χ4v) is 2.07. The first-order chi connectivity index (χ1) is 6.19. The number of rotatable bonds is 3. The zero-order chi connectivity index (χ0) is 9.84. The Kier molecular flexibility index (Phi) is 4.16. The van der Waals surface area contributed by atoms with Gasteiger partial charge in [0.05, 0.1) is 0 Å². The maximum absolute atomic E-state index is 3.26. The highest BCUT2D eigenvalue weighted by Crippen LogP contribution is 2.12. The van der Waals surface area contributed by atoms with Crippen LogP contribution in [0.4, 0.5) is 0 Å². The van der Waals surface area contributed by atoms with Gasteiger partial charge in [-0.3, -0.25) is 4.90 Å². The van der Waals surface area contributed by atoms with Crippen LogP contribution in [0.15, 0.2) is 0 Å². The normalized spacial score (nSPS) is 32.3. The molecule has 0 saturated carbocycles. The molecule has 0 bridgehead atoms. The third-order valence-electron chi connectivity index (χ3n) is 3.15. The maximum atomic E-state index is 3.26. The summed E-state index contributed by atoms with van der Waals surface area (Å²) in [4.78, 5) is 5.02. The van der Waals surface area contributed by atoms with Gasteiger partial charge in [-0.1, -0.05) is 6.92 Å². The average molecular weight is 185 g/mol. The van der Waals surface area contributed by atoms with E-state index in [1.54, 1.807) is 0 Å². The second kappa shape index (κ2) is 4.94. The predicted molar refractivity (Wildman–Crippen MR) is 57.1 cm³/mol. The van der Waals surface area contributed by atoms with Gasteiger partial charge in [-0.25, -0.2) is 0 Å². The van der Waals surface area contributed by atoms with Crippen molar-refractivity contribution in [1.82, 2.24) is 15.1 Å². The van der Waals surface area contributed by atoms with Crippen LogP contribution in [0.25, 0.3) is 0 Å². The number of nitrogens with zero attached hydrogens (tertiary/aromatic N) is 2. The summed E-state index contributed by atoms with van der Waals surface area (Å²) in [5.74, 6) is 0. The lowest BCUT2D eigenvalue weighted by atomic mass is 10.1. The molecule has 1 heterocycles. The average Bonchev–Trinajstić information content (AvgIpc) is 2.13. The van der Waals surface area contributed by atoms with Crippen molar-refractivity contribution in [1.29, 1.82) is 0 Å². The van der Waals surface area contributed by atoms with Gasteiger partial charge < -0.3 is 10.2 Å².